The second kappa shape index (κ2) is 10.4. The molecule has 3 aromatic heterocycles. The highest BCUT2D eigenvalue weighted by atomic mass is 32.1. The zero-order valence-corrected chi connectivity index (χ0v) is 27.0. The van der Waals surface area contributed by atoms with E-state index in [0.717, 1.165) is 81.1 Å². The molecule has 1 N–H and O–H groups in total. The molecule has 0 bridgehead atoms. The van der Waals surface area contributed by atoms with E-state index >= 15 is 0 Å². The number of ketones is 3. The number of thiophene rings is 3. The number of hydrogen-bond donors (Lipinski definition) is 1. The molecule has 1 saturated carbocycles. The van der Waals surface area contributed by atoms with Crippen molar-refractivity contribution in [3.8, 4) is 15.5 Å². The van der Waals surface area contributed by atoms with E-state index in [1.807, 2.05) is 12.1 Å². The Balaban J connectivity index is 1.12. The van der Waals surface area contributed by atoms with Gasteiger partial charge in [0.15, 0.2) is 46.4 Å². The predicted molar refractivity (Wildman–Crippen MR) is 175 cm³/mol. The van der Waals surface area contributed by atoms with Gasteiger partial charge in [-0.15, -0.1) is 34.0 Å². The van der Waals surface area contributed by atoms with E-state index in [0.29, 0.717) is 15.5 Å². The Morgan fingerprint density at radius 3 is 2.02 bits per heavy atom. The number of aliphatic hydroxyl groups excluding tert-OH is 1. The van der Waals surface area contributed by atoms with Crippen LogP contribution in [0.25, 0.3) is 31.3 Å². The van der Waals surface area contributed by atoms with Gasteiger partial charge in [-0.25, -0.2) is 17.6 Å². The van der Waals surface area contributed by atoms with E-state index in [1.54, 1.807) is 6.08 Å². The van der Waals surface area contributed by atoms with Gasteiger partial charge in [-0.3, -0.25) is 14.4 Å². The third-order valence-corrected chi connectivity index (χ3v) is 13.1. The molecule has 0 saturated heterocycles. The first-order valence-corrected chi connectivity index (χ1v) is 17.6. The van der Waals surface area contributed by atoms with Gasteiger partial charge in [0.2, 0.25) is 0 Å². The molecule has 4 heterocycles. The monoisotopic (exact) mass is 704 g/mol. The van der Waals surface area contributed by atoms with E-state index < -0.39 is 52.3 Å². The lowest BCUT2D eigenvalue weighted by molar-refractivity contribution is 0.0267. The molecule has 0 radical (unpaired) electrons. The van der Waals surface area contributed by atoms with Crippen LogP contribution in [0.1, 0.15) is 90.2 Å². The summed E-state index contributed by atoms with van der Waals surface area (Å²) in [6, 6.07) is 7.05. The average molecular weight is 705 g/mol. The van der Waals surface area contributed by atoms with Crippen molar-refractivity contribution in [1.82, 2.24) is 0 Å². The number of hydrogen-bond acceptors (Lipinski definition) is 8. The Bertz CT molecular complexity index is 2340. The number of carbonyl (C=O) groups excluding carboxylic acids is 3. The fraction of sp³-hybridized carbons (Fsp3) is 0.194. The molecule has 12 heteroatoms. The maximum absolute atomic E-state index is 13.9. The molecule has 2 aromatic carbocycles. The van der Waals surface area contributed by atoms with Gasteiger partial charge in [0.1, 0.15) is 11.7 Å². The molecule has 5 nitrogen and oxygen atoms in total. The number of halogens is 4. The van der Waals surface area contributed by atoms with Crippen molar-refractivity contribution >= 4 is 72.9 Å². The fourth-order valence-corrected chi connectivity index (χ4v) is 11.0. The fourth-order valence-electron chi connectivity index (χ4n) is 7.25. The molecular weight excluding hydrogens is 685 g/mol. The number of benzene rings is 2. The Labute approximate surface area is 281 Å². The Kier molecular flexibility index (Phi) is 6.46. The Morgan fingerprint density at radius 2 is 1.33 bits per heavy atom. The number of aliphatic hydroxyl groups is 1. The molecule has 0 amide bonds. The summed E-state index contributed by atoms with van der Waals surface area (Å²) in [6.07, 6.45) is 6.15. The van der Waals surface area contributed by atoms with Crippen molar-refractivity contribution < 1.29 is 41.8 Å². The summed E-state index contributed by atoms with van der Waals surface area (Å²) >= 11 is 4.30. The lowest BCUT2D eigenvalue weighted by Crippen LogP contribution is -2.37. The first kappa shape index (κ1) is 29.9. The van der Waals surface area contributed by atoms with Gasteiger partial charge in [-0.05, 0) is 79.8 Å². The van der Waals surface area contributed by atoms with Crippen LogP contribution in [0, 0.1) is 23.3 Å². The first-order valence-electron chi connectivity index (χ1n) is 15.2. The highest BCUT2D eigenvalue weighted by Gasteiger charge is 2.45. The SMILES string of the molecule is O=C1C(=Cc2cc3c(s2)-c2sc4cc(/C=C5/C(=O)c6cc(F)c(F)cc6C5O)sc4c2OC32CCCCC2)C(=O)c2cc(F)c(F)cc21. The summed E-state index contributed by atoms with van der Waals surface area (Å²) in [4.78, 5) is 42.5. The maximum Gasteiger partial charge on any atom is 0.197 e. The molecule has 1 aliphatic heterocycles. The van der Waals surface area contributed by atoms with Gasteiger partial charge >= 0.3 is 0 Å². The standard InChI is InChI=1S/C36H20F4O5S3/c37-23-10-16-17(11-24(23)38)29(42)20(28(16)41)6-14-8-22-33(46-14)35-32(45-36(22)4-2-1-3-5-36)34-27(48-35)9-15(47-34)7-21-30(43)18-12-25(39)26(40)13-19(18)31(21)44/h6-13,30,43H,1-5H2/b21-7+. The largest absolute Gasteiger partial charge is 0.479 e. The summed E-state index contributed by atoms with van der Waals surface area (Å²) in [5.41, 5.74) is -0.100. The molecule has 5 aromatic rings. The van der Waals surface area contributed by atoms with Crippen LogP contribution in [0.15, 0.2) is 47.5 Å². The van der Waals surface area contributed by atoms with E-state index in [1.165, 1.54) is 40.1 Å². The van der Waals surface area contributed by atoms with Gasteiger partial charge < -0.3 is 9.84 Å². The van der Waals surface area contributed by atoms with Crippen LogP contribution in [0.2, 0.25) is 0 Å². The van der Waals surface area contributed by atoms with Gasteiger partial charge in [0.05, 0.1) is 24.7 Å². The van der Waals surface area contributed by atoms with Crippen LogP contribution in [0.5, 0.6) is 5.75 Å². The number of rotatable bonds is 2. The Hall–Kier alpha value is -4.23. The van der Waals surface area contributed by atoms with Crippen molar-refractivity contribution in [2.75, 3.05) is 0 Å². The number of fused-ring (bicyclic) bond motifs is 8. The summed E-state index contributed by atoms with van der Waals surface area (Å²) in [5, 5.41) is 10.8. The predicted octanol–water partition coefficient (Wildman–Crippen LogP) is 9.58. The van der Waals surface area contributed by atoms with Crippen molar-refractivity contribution in [3.63, 3.8) is 0 Å². The lowest BCUT2D eigenvalue weighted by atomic mass is 9.78. The molecule has 4 aliphatic rings. The van der Waals surface area contributed by atoms with Crippen molar-refractivity contribution in [3.05, 3.63) is 108 Å². The van der Waals surface area contributed by atoms with Crippen LogP contribution in [0.3, 0.4) is 0 Å². The van der Waals surface area contributed by atoms with Gasteiger partial charge in [-0.1, -0.05) is 6.42 Å². The van der Waals surface area contributed by atoms with Crippen LogP contribution >= 0.6 is 34.0 Å². The number of Topliss-reactive ketones (excluding diaryl/α,β-unsaturated/α-hetero) is 3. The zero-order chi connectivity index (χ0) is 33.2. The highest BCUT2D eigenvalue weighted by Crippen LogP contribution is 2.60. The number of ether oxygens (including phenoxy) is 1. The molecule has 240 valence electrons. The van der Waals surface area contributed by atoms with Crippen LogP contribution in [-0.2, 0) is 5.60 Å². The smallest absolute Gasteiger partial charge is 0.197 e. The minimum atomic E-state index is -1.39. The quantitative estimate of drug-likeness (QED) is 0.113. The molecule has 1 unspecified atom stereocenters. The number of allylic oxidation sites excluding steroid dienone is 1. The molecule has 9 rings (SSSR count). The summed E-state index contributed by atoms with van der Waals surface area (Å²) in [5.74, 6) is -5.82. The molecule has 3 aliphatic carbocycles. The minimum Gasteiger partial charge on any atom is -0.479 e. The topological polar surface area (TPSA) is 80.7 Å². The van der Waals surface area contributed by atoms with Gasteiger partial charge in [0.25, 0.3) is 0 Å². The second-order valence-electron chi connectivity index (χ2n) is 12.4. The lowest BCUT2D eigenvalue weighted by Gasteiger charge is -2.40. The average Bonchev–Trinajstić information content (AvgIpc) is 3.84. The zero-order valence-electron chi connectivity index (χ0n) is 24.5. The van der Waals surface area contributed by atoms with Crippen LogP contribution < -0.4 is 4.74 Å². The summed E-state index contributed by atoms with van der Waals surface area (Å²) in [6.45, 7) is 0. The van der Waals surface area contributed by atoms with E-state index in [9.17, 15) is 37.1 Å². The Morgan fingerprint density at radius 1 is 0.708 bits per heavy atom. The van der Waals surface area contributed by atoms with E-state index in [4.69, 9.17) is 4.74 Å². The van der Waals surface area contributed by atoms with E-state index in [-0.39, 0.29) is 33.4 Å². The number of carbonyl (C=O) groups is 3. The highest BCUT2D eigenvalue weighted by molar-refractivity contribution is 7.32. The molecule has 1 atom stereocenters. The van der Waals surface area contributed by atoms with E-state index in [2.05, 4.69) is 0 Å². The van der Waals surface area contributed by atoms with Crippen molar-refractivity contribution in [2.45, 2.75) is 43.8 Å². The normalized spacial score (nSPS) is 20.0. The molecule has 48 heavy (non-hydrogen) atoms. The van der Waals surface area contributed by atoms with Crippen LogP contribution in [0.4, 0.5) is 17.6 Å². The third-order valence-electron chi connectivity index (χ3n) is 9.56. The van der Waals surface area contributed by atoms with Gasteiger partial charge in [-0.2, -0.15) is 0 Å². The molecular formula is C36H20F4O5S3. The van der Waals surface area contributed by atoms with Crippen LogP contribution in [-0.4, -0.2) is 22.5 Å². The summed E-state index contributed by atoms with van der Waals surface area (Å²) in [7, 11) is 0. The molecule has 1 fully saturated rings. The first-order chi connectivity index (χ1) is 23.0. The summed E-state index contributed by atoms with van der Waals surface area (Å²) < 4.78 is 64.2. The van der Waals surface area contributed by atoms with Crippen molar-refractivity contribution in [1.29, 1.82) is 0 Å². The van der Waals surface area contributed by atoms with Gasteiger partial charge in [0, 0.05) is 37.6 Å². The minimum absolute atomic E-state index is 0.0312. The maximum atomic E-state index is 13.9. The second-order valence-corrected chi connectivity index (χ2v) is 15.6. The molecule has 1 spiro atoms. The van der Waals surface area contributed by atoms with Crippen molar-refractivity contribution in [2.24, 2.45) is 0 Å². The third kappa shape index (κ3) is 4.19.